The van der Waals surface area contributed by atoms with Crippen LogP contribution in [0.5, 0.6) is 0 Å². The van der Waals surface area contributed by atoms with E-state index in [1.54, 1.807) is 16.0 Å². The summed E-state index contributed by atoms with van der Waals surface area (Å²) in [6, 6.07) is -0.591. The number of rotatable bonds is 4. The van der Waals surface area contributed by atoms with Crippen LogP contribution in [0.15, 0.2) is 12.4 Å². The first-order valence-corrected chi connectivity index (χ1v) is 8.59. The molecule has 1 aromatic heterocycles. The lowest BCUT2D eigenvalue weighted by molar-refractivity contribution is -0.136. The number of urea groups is 1. The SMILES string of the molecule is Cn1ccnc1CN1CCCC(NC(=O)N2CCC(CN)C2)C1=O. The van der Waals surface area contributed by atoms with Crippen LogP contribution in [-0.4, -0.2) is 63.5 Å². The van der Waals surface area contributed by atoms with Gasteiger partial charge in [-0.25, -0.2) is 9.78 Å². The Bertz CT molecular complexity index is 601. The predicted molar refractivity (Wildman–Crippen MR) is 88.9 cm³/mol. The number of nitrogens with one attached hydrogen (secondary N) is 1. The van der Waals surface area contributed by atoms with Gasteiger partial charge in [-0.15, -0.1) is 0 Å². The molecule has 2 aliphatic rings. The molecule has 2 saturated heterocycles. The van der Waals surface area contributed by atoms with Gasteiger partial charge in [0, 0.05) is 39.1 Å². The summed E-state index contributed by atoms with van der Waals surface area (Å²) in [5.41, 5.74) is 5.67. The van der Waals surface area contributed by atoms with Crippen molar-refractivity contribution in [3.8, 4) is 0 Å². The van der Waals surface area contributed by atoms with Crippen molar-refractivity contribution in [2.24, 2.45) is 18.7 Å². The molecule has 0 aromatic carbocycles. The van der Waals surface area contributed by atoms with E-state index in [4.69, 9.17) is 5.73 Å². The summed E-state index contributed by atoms with van der Waals surface area (Å²) in [5, 5.41) is 2.91. The molecule has 3 N–H and O–H groups in total. The molecule has 8 heteroatoms. The summed E-state index contributed by atoms with van der Waals surface area (Å²) in [7, 11) is 1.91. The summed E-state index contributed by atoms with van der Waals surface area (Å²) >= 11 is 0. The Hall–Kier alpha value is -2.09. The monoisotopic (exact) mass is 334 g/mol. The van der Waals surface area contributed by atoms with Gasteiger partial charge < -0.3 is 25.4 Å². The Kier molecular flexibility index (Phi) is 5.03. The van der Waals surface area contributed by atoms with E-state index in [9.17, 15) is 9.59 Å². The predicted octanol–water partition coefficient (Wildman–Crippen LogP) is -0.0987. The molecule has 8 nitrogen and oxygen atoms in total. The van der Waals surface area contributed by atoms with E-state index < -0.39 is 6.04 Å². The number of carbonyl (C=O) groups is 2. The fraction of sp³-hybridized carbons (Fsp3) is 0.688. The van der Waals surface area contributed by atoms with Crippen molar-refractivity contribution in [1.29, 1.82) is 0 Å². The molecule has 0 aliphatic carbocycles. The van der Waals surface area contributed by atoms with Gasteiger partial charge in [-0.05, 0) is 31.7 Å². The molecule has 132 valence electrons. The Morgan fingerprint density at radius 3 is 2.92 bits per heavy atom. The molecule has 2 atom stereocenters. The molecule has 2 fully saturated rings. The molecule has 2 unspecified atom stereocenters. The second-order valence-corrected chi connectivity index (χ2v) is 6.69. The number of imidazole rings is 1. The zero-order valence-corrected chi connectivity index (χ0v) is 14.1. The van der Waals surface area contributed by atoms with Gasteiger partial charge in [0.25, 0.3) is 0 Å². The van der Waals surface area contributed by atoms with Crippen LogP contribution in [0.25, 0.3) is 0 Å². The van der Waals surface area contributed by atoms with E-state index in [2.05, 4.69) is 10.3 Å². The molecular weight excluding hydrogens is 308 g/mol. The Balaban J connectivity index is 1.57. The van der Waals surface area contributed by atoms with Gasteiger partial charge in [0.1, 0.15) is 11.9 Å². The third-order valence-electron chi connectivity index (χ3n) is 4.99. The molecule has 3 rings (SSSR count). The highest BCUT2D eigenvalue weighted by molar-refractivity contribution is 5.87. The number of carbonyl (C=O) groups excluding carboxylic acids is 2. The van der Waals surface area contributed by atoms with Crippen LogP contribution in [-0.2, 0) is 18.4 Å². The number of aromatic nitrogens is 2. The summed E-state index contributed by atoms with van der Waals surface area (Å²) in [6.07, 6.45) is 6.10. The van der Waals surface area contributed by atoms with Crippen molar-refractivity contribution >= 4 is 11.9 Å². The summed E-state index contributed by atoms with van der Waals surface area (Å²) in [5.74, 6) is 1.20. The highest BCUT2D eigenvalue weighted by Crippen LogP contribution is 2.17. The normalized spacial score (nSPS) is 24.5. The van der Waals surface area contributed by atoms with E-state index in [-0.39, 0.29) is 11.9 Å². The van der Waals surface area contributed by atoms with E-state index in [0.29, 0.717) is 45.1 Å². The zero-order valence-electron chi connectivity index (χ0n) is 14.1. The number of nitrogens with zero attached hydrogens (tertiary/aromatic N) is 4. The molecule has 0 radical (unpaired) electrons. The smallest absolute Gasteiger partial charge is 0.318 e. The largest absolute Gasteiger partial charge is 0.337 e. The first-order chi connectivity index (χ1) is 11.6. The number of nitrogens with two attached hydrogens (primary N) is 1. The Labute approximate surface area is 142 Å². The molecule has 2 aliphatic heterocycles. The van der Waals surface area contributed by atoms with Gasteiger partial charge in [0.15, 0.2) is 0 Å². The summed E-state index contributed by atoms with van der Waals surface area (Å²) < 4.78 is 1.91. The third kappa shape index (κ3) is 3.53. The van der Waals surface area contributed by atoms with Crippen LogP contribution < -0.4 is 11.1 Å². The standard InChI is InChI=1S/C16H26N6O2/c1-20-8-5-18-14(20)11-21-6-2-3-13(15(21)23)19-16(24)22-7-4-12(9-17)10-22/h5,8,12-13H,2-4,6-7,9-11,17H2,1H3,(H,19,24). The molecule has 24 heavy (non-hydrogen) atoms. The average molecular weight is 334 g/mol. The van der Waals surface area contributed by atoms with Gasteiger partial charge in [-0.1, -0.05) is 0 Å². The molecule has 3 heterocycles. The molecule has 1 aromatic rings. The first-order valence-electron chi connectivity index (χ1n) is 8.59. The quantitative estimate of drug-likeness (QED) is 0.804. The lowest BCUT2D eigenvalue weighted by Crippen LogP contribution is -2.54. The molecule has 0 bridgehead atoms. The van der Waals surface area contributed by atoms with Crippen LogP contribution >= 0.6 is 0 Å². The number of piperidine rings is 1. The minimum absolute atomic E-state index is 0.0211. The minimum atomic E-state index is -0.441. The van der Waals surface area contributed by atoms with E-state index in [0.717, 1.165) is 18.7 Å². The van der Waals surface area contributed by atoms with Crippen molar-refractivity contribution < 1.29 is 9.59 Å². The molecule has 0 spiro atoms. The topological polar surface area (TPSA) is 96.5 Å². The highest BCUT2D eigenvalue weighted by Gasteiger charge is 2.33. The van der Waals surface area contributed by atoms with Gasteiger partial charge in [-0.3, -0.25) is 4.79 Å². The number of hydrogen-bond donors (Lipinski definition) is 2. The van der Waals surface area contributed by atoms with E-state index >= 15 is 0 Å². The van der Waals surface area contributed by atoms with Crippen LogP contribution in [0.1, 0.15) is 25.1 Å². The van der Waals surface area contributed by atoms with Crippen LogP contribution in [0.2, 0.25) is 0 Å². The lowest BCUT2D eigenvalue weighted by atomic mass is 10.0. The van der Waals surface area contributed by atoms with Crippen molar-refractivity contribution in [2.45, 2.75) is 31.8 Å². The first kappa shape index (κ1) is 16.8. The van der Waals surface area contributed by atoms with Crippen molar-refractivity contribution in [3.05, 3.63) is 18.2 Å². The second kappa shape index (κ2) is 7.21. The van der Waals surface area contributed by atoms with Gasteiger partial charge >= 0.3 is 6.03 Å². The van der Waals surface area contributed by atoms with Gasteiger partial charge in [-0.2, -0.15) is 0 Å². The molecule has 0 saturated carbocycles. The summed E-state index contributed by atoms with van der Waals surface area (Å²) in [4.78, 5) is 32.9. The average Bonchev–Trinajstić information content (AvgIpc) is 3.20. The summed E-state index contributed by atoms with van der Waals surface area (Å²) in [6.45, 7) is 3.18. The Morgan fingerprint density at radius 1 is 1.42 bits per heavy atom. The van der Waals surface area contributed by atoms with Gasteiger partial charge in [0.05, 0.1) is 6.54 Å². The fourth-order valence-electron chi connectivity index (χ4n) is 3.40. The number of likely N-dealkylation sites (tertiary alicyclic amines) is 2. The molecule has 3 amide bonds. The van der Waals surface area contributed by atoms with Gasteiger partial charge in [0.2, 0.25) is 5.91 Å². The second-order valence-electron chi connectivity index (χ2n) is 6.69. The van der Waals surface area contributed by atoms with Crippen molar-refractivity contribution in [2.75, 3.05) is 26.2 Å². The molecular formula is C16H26N6O2. The number of hydrogen-bond acceptors (Lipinski definition) is 4. The number of aryl methyl sites for hydroxylation is 1. The van der Waals surface area contributed by atoms with Crippen LogP contribution in [0, 0.1) is 5.92 Å². The number of amides is 3. The maximum atomic E-state index is 12.7. The van der Waals surface area contributed by atoms with Crippen molar-refractivity contribution in [3.63, 3.8) is 0 Å². The Morgan fingerprint density at radius 2 is 2.25 bits per heavy atom. The maximum Gasteiger partial charge on any atom is 0.318 e. The highest BCUT2D eigenvalue weighted by atomic mass is 16.2. The van der Waals surface area contributed by atoms with Crippen molar-refractivity contribution in [1.82, 2.24) is 24.7 Å². The maximum absolute atomic E-state index is 12.7. The fourth-order valence-corrected chi connectivity index (χ4v) is 3.40. The van der Waals surface area contributed by atoms with Crippen LogP contribution in [0.3, 0.4) is 0 Å². The van der Waals surface area contributed by atoms with E-state index in [1.165, 1.54) is 0 Å². The van der Waals surface area contributed by atoms with E-state index in [1.807, 2.05) is 17.8 Å². The minimum Gasteiger partial charge on any atom is -0.337 e. The third-order valence-corrected chi connectivity index (χ3v) is 4.99. The zero-order chi connectivity index (χ0) is 17.1. The van der Waals surface area contributed by atoms with Crippen LogP contribution in [0.4, 0.5) is 4.79 Å². The lowest BCUT2D eigenvalue weighted by Gasteiger charge is -2.33.